The van der Waals surface area contributed by atoms with Gasteiger partial charge in [-0.2, -0.15) is 0 Å². The number of para-hydroxylation sites is 5. The predicted molar refractivity (Wildman–Crippen MR) is 164 cm³/mol. The van der Waals surface area contributed by atoms with E-state index in [1.165, 1.54) is 0 Å². The van der Waals surface area contributed by atoms with Crippen molar-refractivity contribution in [3.05, 3.63) is 133 Å². The Hall–Kier alpha value is -5.42. The number of nitrogens with zero attached hydrogens (tertiary/aromatic N) is 1. The van der Waals surface area contributed by atoms with Crippen molar-refractivity contribution in [2.45, 2.75) is 0 Å². The molecule has 0 saturated carbocycles. The van der Waals surface area contributed by atoms with Crippen molar-refractivity contribution in [3.63, 3.8) is 0 Å². The van der Waals surface area contributed by atoms with Gasteiger partial charge in [-0.15, -0.1) is 0 Å². The lowest BCUT2D eigenvalue weighted by Gasteiger charge is -2.34. The zero-order valence-electron chi connectivity index (χ0n) is 22.0. The lowest BCUT2D eigenvalue weighted by Crippen LogP contribution is -2.57. The van der Waals surface area contributed by atoms with Crippen molar-refractivity contribution in [1.29, 1.82) is 0 Å². The molecule has 3 aliphatic rings. The standard InChI is InChI=1S/C36H22BNO3/c1-2-10-24(11-3-1)38-28-14-6-9-17-32(28)40-34-22-23(18-20-29(34)38)25-19-21-33-35-36(25)41-31-16-8-5-13-27(31)37(35)26-12-4-7-15-30(26)39-33/h1-22H. The molecule has 9 rings (SSSR count). The van der Waals surface area contributed by atoms with E-state index in [2.05, 4.69) is 95.9 Å². The van der Waals surface area contributed by atoms with Crippen LogP contribution in [0.2, 0.25) is 0 Å². The van der Waals surface area contributed by atoms with Crippen LogP contribution in [0, 0.1) is 0 Å². The molecule has 0 saturated heterocycles. The van der Waals surface area contributed by atoms with Gasteiger partial charge in [-0.1, -0.05) is 72.8 Å². The summed E-state index contributed by atoms with van der Waals surface area (Å²) < 4.78 is 19.6. The molecule has 0 aromatic heterocycles. The number of hydrogen-bond donors (Lipinski definition) is 0. The van der Waals surface area contributed by atoms with Gasteiger partial charge in [-0.3, -0.25) is 0 Å². The smallest absolute Gasteiger partial charge is 0.260 e. The minimum absolute atomic E-state index is 0.0316. The first-order valence-corrected chi connectivity index (χ1v) is 13.8. The second kappa shape index (κ2) is 8.54. The molecule has 0 unspecified atom stereocenters. The molecule has 0 bridgehead atoms. The Balaban J connectivity index is 1.22. The van der Waals surface area contributed by atoms with Gasteiger partial charge in [0.15, 0.2) is 11.5 Å². The molecule has 41 heavy (non-hydrogen) atoms. The number of ether oxygens (including phenoxy) is 3. The lowest BCUT2D eigenvalue weighted by atomic mass is 9.34. The highest BCUT2D eigenvalue weighted by atomic mass is 16.5. The van der Waals surface area contributed by atoms with E-state index in [-0.39, 0.29) is 6.71 Å². The Bertz CT molecular complexity index is 1990. The summed E-state index contributed by atoms with van der Waals surface area (Å²) in [4.78, 5) is 2.25. The molecule has 6 aromatic carbocycles. The normalized spacial score (nSPS) is 13.4. The number of hydrogen-bond acceptors (Lipinski definition) is 4. The van der Waals surface area contributed by atoms with E-state index >= 15 is 0 Å². The SMILES string of the molecule is c1ccc(N2c3ccccc3Oc3cc(-c4ccc5c6c4Oc4ccccc4B6c4ccccc4O5)ccc32)cc1. The van der Waals surface area contributed by atoms with E-state index in [1.54, 1.807) is 0 Å². The van der Waals surface area contributed by atoms with Gasteiger partial charge in [0.05, 0.1) is 11.4 Å². The number of anilines is 3. The number of fused-ring (bicyclic) bond motifs is 6. The number of benzene rings is 6. The van der Waals surface area contributed by atoms with Gasteiger partial charge in [0, 0.05) is 16.7 Å². The van der Waals surface area contributed by atoms with Crippen molar-refractivity contribution in [3.8, 4) is 45.6 Å². The molecule has 0 radical (unpaired) electrons. The van der Waals surface area contributed by atoms with Crippen LogP contribution in [0.1, 0.15) is 0 Å². The molecule has 3 heterocycles. The molecule has 0 aliphatic carbocycles. The minimum Gasteiger partial charge on any atom is -0.458 e. The summed E-state index contributed by atoms with van der Waals surface area (Å²) in [5, 5.41) is 0. The van der Waals surface area contributed by atoms with Gasteiger partial charge in [0.25, 0.3) is 6.71 Å². The van der Waals surface area contributed by atoms with Gasteiger partial charge in [0.2, 0.25) is 0 Å². The first-order valence-electron chi connectivity index (χ1n) is 13.8. The minimum atomic E-state index is 0.0316. The molecule has 4 nitrogen and oxygen atoms in total. The summed E-state index contributed by atoms with van der Waals surface area (Å²) in [7, 11) is 0. The van der Waals surface area contributed by atoms with Gasteiger partial charge < -0.3 is 19.1 Å². The van der Waals surface area contributed by atoms with Crippen molar-refractivity contribution >= 4 is 40.2 Å². The summed E-state index contributed by atoms with van der Waals surface area (Å²) in [6.45, 7) is 0.0316. The molecule has 5 heteroatoms. The van der Waals surface area contributed by atoms with Crippen molar-refractivity contribution in [2.24, 2.45) is 0 Å². The Morgan fingerprint density at radius 3 is 1.90 bits per heavy atom. The molecule has 0 atom stereocenters. The molecule has 0 N–H and O–H groups in total. The van der Waals surface area contributed by atoms with E-state index in [0.29, 0.717) is 0 Å². The van der Waals surface area contributed by atoms with E-state index in [0.717, 1.165) is 79.1 Å². The van der Waals surface area contributed by atoms with Crippen LogP contribution in [0.15, 0.2) is 133 Å². The molecule has 0 fully saturated rings. The topological polar surface area (TPSA) is 30.9 Å². The fourth-order valence-electron chi connectivity index (χ4n) is 6.39. The molecule has 6 aromatic rings. The van der Waals surface area contributed by atoms with Gasteiger partial charge in [0.1, 0.15) is 23.0 Å². The van der Waals surface area contributed by atoms with Crippen LogP contribution >= 0.6 is 0 Å². The monoisotopic (exact) mass is 527 g/mol. The highest BCUT2D eigenvalue weighted by Crippen LogP contribution is 2.52. The Morgan fingerprint density at radius 1 is 0.463 bits per heavy atom. The Morgan fingerprint density at radius 2 is 1.10 bits per heavy atom. The predicted octanol–water partition coefficient (Wildman–Crippen LogP) is 7.66. The second-order valence-electron chi connectivity index (χ2n) is 10.5. The maximum atomic E-state index is 6.68. The summed E-state index contributed by atoms with van der Waals surface area (Å²) in [5.74, 6) is 5.05. The van der Waals surface area contributed by atoms with Crippen LogP contribution in [0.5, 0.6) is 34.5 Å². The highest BCUT2D eigenvalue weighted by Gasteiger charge is 2.41. The van der Waals surface area contributed by atoms with E-state index < -0.39 is 0 Å². The van der Waals surface area contributed by atoms with Crippen LogP contribution in [0.4, 0.5) is 17.1 Å². The Labute approximate surface area is 238 Å². The summed E-state index contributed by atoms with van der Waals surface area (Å²) in [6, 6.07) is 45.8. The molecular formula is C36H22BNO3. The summed E-state index contributed by atoms with van der Waals surface area (Å²) >= 11 is 0. The third kappa shape index (κ3) is 3.29. The molecule has 192 valence electrons. The molecular weight excluding hydrogens is 505 g/mol. The van der Waals surface area contributed by atoms with E-state index in [4.69, 9.17) is 14.2 Å². The van der Waals surface area contributed by atoms with Crippen molar-refractivity contribution in [1.82, 2.24) is 0 Å². The maximum Gasteiger partial charge on any atom is 0.260 e. The average Bonchev–Trinajstić information content (AvgIpc) is 3.03. The first kappa shape index (κ1) is 22.4. The fourth-order valence-corrected chi connectivity index (χ4v) is 6.39. The van der Waals surface area contributed by atoms with Gasteiger partial charge in [-0.05, 0) is 77.2 Å². The van der Waals surface area contributed by atoms with Crippen LogP contribution in [-0.2, 0) is 0 Å². The van der Waals surface area contributed by atoms with Crippen molar-refractivity contribution < 1.29 is 14.2 Å². The quantitative estimate of drug-likeness (QED) is 0.216. The zero-order valence-corrected chi connectivity index (χ0v) is 22.0. The fraction of sp³-hybridized carbons (Fsp3) is 0. The zero-order chi connectivity index (χ0) is 26.9. The highest BCUT2D eigenvalue weighted by molar-refractivity contribution is 6.98. The summed E-state index contributed by atoms with van der Waals surface area (Å²) in [5.41, 5.74) is 8.48. The third-order valence-corrected chi connectivity index (χ3v) is 8.19. The largest absolute Gasteiger partial charge is 0.458 e. The van der Waals surface area contributed by atoms with Crippen LogP contribution < -0.4 is 35.5 Å². The second-order valence-corrected chi connectivity index (χ2v) is 10.5. The molecule has 3 aliphatic heterocycles. The van der Waals surface area contributed by atoms with Crippen LogP contribution in [0.25, 0.3) is 11.1 Å². The van der Waals surface area contributed by atoms with E-state index in [1.807, 2.05) is 42.5 Å². The van der Waals surface area contributed by atoms with Crippen LogP contribution in [0.3, 0.4) is 0 Å². The number of rotatable bonds is 2. The van der Waals surface area contributed by atoms with Crippen LogP contribution in [-0.4, -0.2) is 6.71 Å². The Kier molecular flexibility index (Phi) is 4.67. The third-order valence-electron chi connectivity index (χ3n) is 8.19. The van der Waals surface area contributed by atoms with E-state index in [9.17, 15) is 0 Å². The molecule has 0 spiro atoms. The average molecular weight is 527 g/mol. The molecule has 0 amide bonds. The van der Waals surface area contributed by atoms with Gasteiger partial charge in [-0.25, -0.2) is 0 Å². The summed E-state index contributed by atoms with van der Waals surface area (Å²) in [6.07, 6.45) is 0. The van der Waals surface area contributed by atoms with Gasteiger partial charge >= 0.3 is 0 Å². The van der Waals surface area contributed by atoms with Crippen molar-refractivity contribution in [2.75, 3.05) is 4.90 Å². The lowest BCUT2D eigenvalue weighted by molar-refractivity contribution is 0.465. The maximum absolute atomic E-state index is 6.68. The first-order chi connectivity index (χ1) is 20.3.